The van der Waals surface area contributed by atoms with Gasteiger partial charge in [-0.05, 0) is 6.42 Å². The Hall–Kier alpha value is -1.28. The van der Waals surface area contributed by atoms with E-state index in [0.717, 1.165) is 44.9 Å². The zero-order valence-corrected chi connectivity index (χ0v) is 23.2. The normalized spacial score (nSPS) is 15.3. The topological polar surface area (TPSA) is 46.2 Å². The van der Waals surface area contributed by atoms with Crippen LogP contribution in [0.2, 0.25) is 0 Å². The largest absolute Gasteiger partial charge is 0.460 e. The van der Waals surface area contributed by atoms with Crippen molar-refractivity contribution in [3.05, 3.63) is 0 Å². The fraction of sp³-hybridized carbons (Fsp3) is 1.00. The van der Waals surface area contributed by atoms with E-state index in [-0.39, 0.29) is 6.42 Å². The van der Waals surface area contributed by atoms with Gasteiger partial charge in [0.1, 0.15) is 0 Å². The van der Waals surface area contributed by atoms with Gasteiger partial charge in [0.15, 0.2) is 0 Å². The highest BCUT2D eigenvalue weighted by Gasteiger charge is 2.96. The van der Waals surface area contributed by atoms with Crippen molar-refractivity contribution in [1.29, 1.82) is 0 Å². The highest BCUT2D eigenvalue weighted by Crippen LogP contribution is 2.64. The van der Waals surface area contributed by atoms with Crippen molar-refractivity contribution in [2.24, 2.45) is 0 Å². The van der Waals surface area contributed by atoms with Crippen LogP contribution in [-0.4, -0.2) is 61.9 Å². The Morgan fingerprint density at radius 3 is 1.02 bits per heavy atom. The third-order valence-corrected chi connectivity index (χ3v) is 7.87. The number of alkyl halides is 17. The van der Waals surface area contributed by atoms with E-state index in [4.69, 9.17) is 0 Å². The number of unbranched alkanes of at least 4 members (excludes halogenated alkanes) is 11. The van der Waals surface area contributed by atoms with Crippen molar-refractivity contribution in [3.8, 4) is 0 Å². The average molecular weight is 696 g/mol. The van der Waals surface area contributed by atoms with Crippen LogP contribution in [0.4, 0.5) is 74.6 Å². The van der Waals surface area contributed by atoms with Crippen molar-refractivity contribution in [1.82, 2.24) is 4.72 Å². The minimum Gasteiger partial charge on any atom is -0.210 e. The van der Waals surface area contributed by atoms with Crippen LogP contribution in [0.1, 0.15) is 84.0 Å². The maximum absolute atomic E-state index is 14.0. The van der Waals surface area contributed by atoms with E-state index in [0.29, 0.717) is 24.0 Å². The molecule has 0 atom stereocenters. The third-order valence-electron chi connectivity index (χ3n) is 6.35. The molecule has 0 bridgehead atoms. The molecule has 0 radical (unpaired) electrons. The third kappa shape index (κ3) is 8.12. The molecule has 0 aromatic carbocycles. The Morgan fingerprint density at radius 1 is 0.419 bits per heavy atom. The molecule has 1 N–H and O–H groups in total. The monoisotopic (exact) mass is 695 g/mol. The minimum absolute atomic E-state index is 0.0456. The maximum Gasteiger partial charge on any atom is 0.460 e. The van der Waals surface area contributed by atoms with E-state index in [1.165, 1.54) is 0 Å². The molecule has 0 spiro atoms. The number of hydrogen-bond donors (Lipinski definition) is 1. The fourth-order valence-corrected chi connectivity index (χ4v) is 4.64. The smallest absolute Gasteiger partial charge is 0.210 e. The van der Waals surface area contributed by atoms with Crippen LogP contribution in [0.25, 0.3) is 0 Å². The molecule has 43 heavy (non-hydrogen) atoms. The number of sulfonamides is 1. The molecule has 0 heterocycles. The Kier molecular flexibility index (Phi) is 14.0. The minimum atomic E-state index is -8.82. The van der Waals surface area contributed by atoms with Crippen molar-refractivity contribution >= 4 is 10.0 Å². The average Bonchev–Trinajstić information content (AvgIpc) is 2.85. The summed E-state index contributed by atoms with van der Waals surface area (Å²) in [6.07, 6.45) is 0.430. The first kappa shape index (κ1) is 41.7. The number of hydrogen-bond acceptors (Lipinski definition) is 2. The summed E-state index contributed by atoms with van der Waals surface area (Å²) in [6, 6.07) is 0. The standard InChI is InChI=1S/C22H30F17NO2S/c1-2-3-4-5-6-7-8-9-10-11-12-13-14-40-43(41,42)22(38,39)20(33,34)18(29,30)16(25,26)15(23,24)17(27,28)19(31,32)21(35,36)37/h40H,2-14H2,1H3. The van der Waals surface area contributed by atoms with Crippen LogP contribution in [0.15, 0.2) is 0 Å². The van der Waals surface area contributed by atoms with Gasteiger partial charge in [-0.1, -0.05) is 77.6 Å². The van der Waals surface area contributed by atoms with E-state index in [1.807, 2.05) is 6.92 Å². The van der Waals surface area contributed by atoms with Gasteiger partial charge in [0.25, 0.3) is 10.0 Å². The molecule has 0 saturated carbocycles. The molecule has 21 heteroatoms. The van der Waals surface area contributed by atoms with Crippen molar-refractivity contribution in [2.45, 2.75) is 131 Å². The van der Waals surface area contributed by atoms with Gasteiger partial charge in [0.05, 0.1) is 0 Å². The first-order chi connectivity index (χ1) is 19.1. The number of rotatable bonds is 21. The molecule has 3 nitrogen and oxygen atoms in total. The SMILES string of the molecule is CCCCCCCCCCCCCCNS(=O)(=O)C(F)(F)C(F)(F)C(F)(F)C(F)(F)C(F)(F)C(F)(F)C(F)(F)C(F)(F)F. The predicted octanol–water partition coefficient (Wildman–Crippen LogP) is 9.57. The Bertz CT molecular complexity index is 965. The second-order valence-corrected chi connectivity index (χ2v) is 11.6. The van der Waals surface area contributed by atoms with Gasteiger partial charge < -0.3 is 0 Å². The first-order valence-corrected chi connectivity index (χ1v) is 14.2. The van der Waals surface area contributed by atoms with Crippen molar-refractivity contribution in [2.75, 3.05) is 6.54 Å². The van der Waals surface area contributed by atoms with Gasteiger partial charge in [-0.3, -0.25) is 0 Å². The highest BCUT2D eigenvalue weighted by molar-refractivity contribution is 7.90. The van der Waals surface area contributed by atoms with Gasteiger partial charge in [0, 0.05) is 6.54 Å². The molecule has 0 rings (SSSR count). The Labute approximate surface area is 236 Å². The molecule has 0 unspecified atom stereocenters. The van der Waals surface area contributed by atoms with Gasteiger partial charge >= 0.3 is 47.0 Å². The summed E-state index contributed by atoms with van der Waals surface area (Å²) in [5, 5.41) is -7.51. The van der Waals surface area contributed by atoms with Crippen molar-refractivity contribution < 1.29 is 83.1 Å². The predicted molar refractivity (Wildman–Crippen MR) is 119 cm³/mol. The zero-order chi connectivity index (χ0) is 34.4. The molecule has 260 valence electrons. The van der Waals surface area contributed by atoms with Gasteiger partial charge in [0.2, 0.25) is 0 Å². The summed E-state index contributed by atoms with van der Waals surface area (Å²) >= 11 is 0. The van der Waals surface area contributed by atoms with Gasteiger partial charge in [-0.25, -0.2) is 13.1 Å². The van der Waals surface area contributed by atoms with Gasteiger partial charge in [-0.15, -0.1) is 0 Å². The summed E-state index contributed by atoms with van der Waals surface area (Å²) < 4.78 is 250. The van der Waals surface area contributed by atoms with Crippen molar-refractivity contribution in [3.63, 3.8) is 0 Å². The molecule has 0 aromatic rings. The van der Waals surface area contributed by atoms with Crippen LogP contribution >= 0.6 is 0 Å². The lowest BCUT2D eigenvalue weighted by Crippen LogP contribution is -2.75. The zero-order valence-electron chi connectivity index (χ0n) is 22.3. The molecule has 0 aliphatic rings. The fourth-order valence-electron chi connectivity index (χ4n) is 3.58. The lowest BCUT2D eigenvalue weighted by Gasteiger charge is -2.42. The molecule has 0 saturated heterocycles. The molecular formula is C22H30F17NO2S. The lowest BCUT2D eigenvalue weighted by molar-refractivity contribution is -0.458. The second-order valence-electron chi connectivity index (χ2n) is 9.75. The Balaban J connectivity index is 5.52. The molecule has 0 aliphatic heterocycles. The second kappa shape index (κ2) is 14.4. The lowest BCUT2D eigenvalue weighted by atomic mass is 9.91. The van der Waals surface area contributed by atoms with E-state index >= 15 is 0 Å². The van der Waals surface area contributed by atoms with Crippen LogP contribution in [0.3, 0.4) is 0 Å². The number of nitrogens with one attached hydrogen (secondary N) is 1. The molecule has 0 amide bonds. The van der Waals surface area contributed by atoms with Crippen LogP contribution in [-0.2, 0) is 10.0 Å². The Morgan fingerprint density at radius 2 is 0.698 bits per heavy atom. The van der Waals surface area contributed by atoms with Crippen LogP contribution in [0, 0.1) is 0 Å². The summed E-state index contributed by atoms with van der Waals surface area (Å²) in [7, 11) is -7.22. The van der Waals surface area contributed by atoms with Crippen LogP contribution < -0.4 is 4.72 Å². The van der Waals surface area contributed by atoms with Crippen LogP contribution in [0.5, 0.6) is 0 Å². The van der Waals surface area contributed by atoms with E-state index in [9.17, 15) is 83.1 Å². The summed E-state index contributed by atoms with van der Waals surface area (Å²) in [6.45, 7) is 0.837. The molecule has 0 aliphatic carbocycles. The van der Waals surface area contributed by atoms with E-state index in [1.54, 1.807) is 0 Å². The highest BCUT2D eigenvalue weighted by atomic mass is 32.2. The summed E-state index contributed by atoms with van der Waals surface area (Å²) in [5.74, 6) is -51.5. The van der Waals surface area contributed by atoms with E-state index in [2.05, 4.69) is 0 Å². The quantitative estimate of drug-likeness (QED) is 0.0961. The maximum atomic E-state index is 14.0. The van der Waals surface area contributed by atoms with E-state index < -0.39 is 70.0 Å². The summed E-state index contributed by atoms with van der Waals surface area (Å²) in [4.78, 5) is 0. The first-order valence-electron chi connectivity index (χ1n) is 12.8. The molecular weight excluding hydrogens is 665 g/mol. The number of halogens is 17. The van der Waals surface area contributed by atoms with Gasteiger partial charge in [-0.2, -0.15) is 74.6 Å². The molecule has 0 fully saturated rings. The summed E-state index contributed by atoms with van der Waals surface area (Å²) in [5.41, 5.74) is 0. The molecule has 0 aromatic heterocycles.